The minimum atomic E-state index is 0.287. The summed E-state index contributed by atoms with van der Waals surface area (Å²) in [5, 5.41) is 0. The number of rotatable bonds is 3. The van der Waals surface area contributed by atoms with Gasteiger partial charge in [0.2, 0.25) is 0 Å². The Morgan fingerprint density at radius 3 is 2.62 bits per heavy atom. The lowest BCUT2D eigenvalue weighted by Gasteiger charge is -2.11. The number of fused-ring (bicyclic) bond motifs is 1. The van der Waals surface area contributed by atoms with Crippen LogP contribution in [0.2, 0.25) is 0 Å². The molecule has 0 amide bonds. The minimum Gasteiger partial charge on any atom is -0.488 e. The first kappa shape index (κ1) is 12.1. The van der Waals surface area contributed by atoms with Crippen LogP contribution in [0.15, 0.2) is 42.7 Å². The van der Waals surface area contributed by atoms with Crippen molar-refractivity contribution in [1.82, 2.24) is 15.0 Å². The summed E-state index contributed by atoms with van der Waals surface area (Å²) < 4.78 is 5.97. The van der Waals surface area contributed by atoms with E-state index in [0.29, 0.717) is 16.9 Å². The van der Waals surface area contributed by atoms with E-state index < -0.39 is 0 Å². The van der Waals surface area contributed by atoms with E-state index in [2.05, 4.69) is 15.0 Å². The van der Waals surface area contributed by atoms with Gasteiger partial charge in [0.05, 0.1) is 11.8 Å². The standard InChI is InChI=1S/C16H14N4O/c17-16-15-14(18-9-19-16)13(21-11-6-7-11)8-12(20-15)10-4-2-1-3-5-10/h1-5,8-9,11H,6-7H2,(H2,17,18,19). The summed E-state index contributed by atoms with van der Waals surface area (Å²) >= 11 is 0. The molecule has 1 aliphatic carbocycles. The number of benzene rings is 1. The van der Waals surface area contributed by atoms with Gasteiger partial charge in [-0.2, -0.15) is 0 Å². The Bertz CT molecular complexity index is 800. The molecule has 0 bridgehead atoms. The van der Waals surface area contributed by atoms with Crippen LogP contribution >= 0.6 is 0 Å². The Morgan fingerprint density at radius 2 is 1.86 bits per heavy atom. The third kappa shape index (κ3) is 2.27. The van der Waals surface area contributed by atoms with Crippen molar-refractivity contribution in [3.63, 3.8) is 0 Å². The third-order valence-electron chi connectivity index (χ3n) is 3.47. The monoisotopic (exact) mass is 278 g/mol. The van der Waals surface area contributed by atoms with E-state index in [9.17, 15) is 0 Å². The fraction of sp³-hybridized carbons (Fsp3) is 0.188. The first-order valence-corrected chi connectivity index (χ1v) is 6.94. The van der Waals surface area contributed by atoms with Gasteiger partial charge in [-0.1, -0.05) is 30.3 Å². The SMILES string of the molecule is Nc1ncnc2c(OC3CC3)cc(-c3ccccc3)nc12. The molecule has 0 unspecified atom stereocenters. The molecule has 2 heterocycles. The van der Waals surface area contributed by atoms with Crippen molar-refractivity contribution in [1.29, 1.82) is 0 Å². The molecule has 0 spiro atoms. The van der Waals surface area contributed by atoms with Gasteiger partial charge in [-0.05, 0) is 12.8 Å². The number of hydrogen-bond acceptors (Lipinski definition) is 5. The zero-order valence-electron chi connectivity index (χ0n) is 11.4. The van der Waals surface area contributed by atoms with Gasteiger partial charge in [-0.25, -0.2) is 15.0 Å². The van der Waals surface area contributed by atoms with E-state index in [1.165, 1.54) is 6.33 Å². The molecular formula is C16H14N4O. The van der Waals surface area contributed by atoms with E-state index in [1.807, 2.05) is 36.4 Å². The first-order chi connectivity index (χ1) is 10.3. The van der Waals surface area contributed by atoms with Crippen molar-refractivity contribution < 1.29 is 4.74 Å². The molecule has 1 aromatic carbocycles. The molecule has 1 saturated carbocycles. The molecule has 21 heavy (non-hydrogen) atoms. The van der Waals surface area contributed by atoms with Gasteiger partial charge in [0, 0.05) is 11.6 Å². The van der Waals surface area contributed by atoms with E-state index in [4.69, 9.17) is 10.5 Å². The highest BCUT2D eigenvalue weighted by atomic mass is 16.5. The molecule has 5 nitrogen and oxygen atoms in total. The lowest BCUT2D eigenvalue weighted by Crippen LogP contribution is -2.02. The highest BCUT2D eigenvalue weighted by molar-refractivity contribution is 5.90. The number of anilines is 1. The minimum absolute atomic E-state index is 0.287. The Balaban J connectivity index is 1.93. The second-order valence-corrected chi connectivity index (χ2v) is 5.14. The number of aromatic nitrogens is 3. The van der Waals surface area contributed by atoms with Crippen molar-refractivity contribution in [3.8, 4) is 17.0 Å². The van der Waals surface area contributed by atoms with Gasteiger partial charge in [-0.3, -0.25) is 0 Å². The van der Waals surface area contributed by atoms with E-state index in [1.54, 1.807) is 0 Å². The summed E-state index contributed by atoms with van der Waals surface area (Å²) in [6.07, 6.45) is 3.91. The van der Waals surface area contributed by atoms with Crippen LogP contribution in [0, 0.1) is 0 Å². The van der Waals surface area contributed by atoms with E-state index in [0.717, 1.165) is 29.8 Å². The lowest BCUT2D eigenvalue weighted by atomic mass is 10.1. The van der Waals surface area contributed by atoms with Crippen molar-refractivity contribution in [2.75, 3.05) is 5.73 Å². The van der Waals surface area contributed by atoms with Gasteiger partial charge < -0.3 is 10.5 Å². The molecule has 0 radical (unpaired) electrons. The van der Waals surface area contributed by atoms with E-state index in [-0.39, 0.29) is 6.10 Å². The maximum atomic E-state index is 5.97. The smallest absolute Gasteiger partial charge is 0.153 e. The van der Waals surface area contributed by atoms with Crippen molar-refractivity contribution in [2.45, 2.75) is 18.9 Å². The van der Waals surface area contributed by atoms with Gasteiger partial charge in [0.15, 0.2) is 5.82 Å². The number of nitrogens with zero attached hydrogens (tertiary/aromatic N) is 3. The maximum Gasteiger partial charge on any atom is 0.153 e. The number of ether oxygens (including phenoxy) is 1. The van der Waals surface area contributed by atoms with Crippen molar-refractivity contribution in [2.24, 2.45) is 0 Å². The number of nitrogens with two attached hydrogens (primary N) is 1. The summed E-state index contributed by atoms with van der Waals surface area (Å²) in [4.78, 5) is 12.9. The third-order valence-corrected chi connectivity index (χ3v) is 3.47. The molecule has 1 aliphatic rings. The van der Waals surface area contributed by atoms with Crippen LogP contribution in [0.5, 0.6) is 5.75 Å². The van der Waals surface area contributed by atoms with Crippen LogP contribution in [0.25, 0.3) is 22.3 Å². The van der Waals surface area contributed by atoms with Gasteiger partial charge >= 0.3 is 0 Å². The molecule has 0 atom stereocenters. The van der Waals surface area contributed by atoms with Crippen LogP contribution < -0.4 is 10.5 Å². The van der Waals surface area contributed by atoms with Crippen LogP contribution in [0.4, 0.5) is 5.82 Å². The second-order valence-electron chi connectivity index (χ2n) is 5.14. The fourth-order valence-corrected chi connectivity index (χ4v) is 2.24. The van der Waals surface area contributed by atoms with Crippen LogP contribution in [-0.2, 0) is 0 Å². The summed E-state index contributed by atoms with van der Waals surface area (Å²) in [5.74, 6) is 1.11. The molecule has 4 rings (SSSR count). The Hall–Kier alpha value is -2.69. The second kappa shape index (κ2) is 4.70. The molecule has 104 valence electrons. The summed E-state index contributed by atoms with van der Waals surface area (Å²) in [6.45, 7) is 0. The Kier molecular flexibility index (Phi) is 2.70. The summed E-state index contributed by atoms with van der Waals surface area (Å²) in [7, 11) is 0. The van der Waals surface area contributed by atoms with E-state index >= 15 is 0 Å². The predicted molar refractivity (Wildman–Crippen MR) is 80.8 cm³/mol. The molecule has 1 fully saturated rings. The average molecular weight is 278 g/mol. The predicted octanol–water partition coefficient (Wildman–Crippen LogP) is 2.82. The zero-order valence-corrected chi connectivity index (χ0v) is 11.4. The average Bonchev–Trinajstić information content (AvgIpc) is 3.33. The number of pyridine rings is 1. The van der Waals surface area contributed by atoms with Crippen molar-refractivity contribution >= 4 is 16.9 Å². The number of nitrogen functional groups attached to an aromatic ring is 1. The Labute approximate surface area is 121 Å². The molecule has 5 heteroatoms. The normalized spacial score (nSPS) is 14.3. The fourth-order valence-electron chi connectivity index (χ4n) is 2.24. The first-order valence-electron chi connectivity index (χ1n) is 6.94. The van der Waals surface area contributed by atoms with Gasteiger partial charge in [0.25, 0.3) is 0 Å². The highest BCUT2D eigenvalue weighted by Gasteiger charge is 2.25. The van der Waals surface area contributed by atoms with Crippen molar-refractivity contribution in [3.05, 3.63) is 42.7 Å². The highest BCUT2D eigenvalue weighted by Crippen LogP contribution is 2.34. The molecular weight excluding hydrogens is 264 g/mol. The largest absolute Gasteiger partial charge is 0.488 e. The van der Waals surface area contributed by atoms with Crippen LogP contribution in [0.3, 0.4) is 0 Å². The lowest BCUT2D eigenvalue weighted by molar-refractivity contribution is 0.306. The van der Waals surface area contributed by atoms with Crippen LogP contribution in [0.1, 0.15) is 12.8 Å². The van der Waals surface area contributed by atoms with Gasteiger partial charge in [-0.15, -0.1) is 0 Å². The number of hydrogen-bond donors (Lipinski definition) is 1. The topological polar surface area (TPSA) is 73.9 Å². The Morgan fingerprint density at radius 1 is 1.05 bits per heavy atom. The van der Waals surface area contributed by atoms with Gasteiger partial charge in [0.1, 0.15) is 23.1 Å². The zero-order chi connectivity index (χ0) is 14.2. The van der Waals surface area contributed by atoms with Crippen LogP contribution in [-0.4, -0.2) is 21.1 Å². The molecule has 0 saturated heterocycles. The summed E-state index contributed by atoms with van der Waals surface area (Å²) in [6, 6.07) is 11.9. The molecule has 2 N–H and O–H groups in total. The molecule has 0 aliphatic heterocycles. The maximum absolute atomic E-state index is 5.97. The molecule has 3 aromatic rings. The molecule has 2 aromatic heterocycles. The quantitative estimate of drug-likeness (QED) is 0.797. The summed E-state index contributed by atoms with van der Waals surface area (Å²) in [5.41, 5.74) is 9.05.